The zero-order valence-corrected chi connectivity index (χ0v) is 17.2. The van der Waals surface area contributed by atoms with Gasteiger partial charge in [0.1, 0.15) is 11.3 Å². The second-order valence-electron chi connectivity index (χ2n) is 7.56. The third-order valence-electron chi connectivity index (χ3n) is 5.37. The number of fused-ring (bicyclic) bond motifs is 1. The molecule has 0 saturated carbocycles. The Morgan fingerprint density at radius 2 is 1.90 bits per heavy atom. The van der Waals surface area contributed by atoms with Crippen LogP contribution in [0.15, 0.2) is 65.1 Å². The van der Waals surface area contributed by atoms with E-state index in [1.807, 2.05) is 87.1 Å². The summed E-state index contributed by atoms with van der Waals surface area (Å²) >= 11 is 0. The molecule has 29 heavy (non-hydrogen) atoms. The van der Waals surface area contributed by atoms with E-state index in [2.05, 4.69) is 11.2 Å². The van der Waals surface area contributed by atoms with Gasteiger partial charge >= 0.3 is 0 Å². The van der Waals surface area contributed by atoms with Crippen LogP contribution in [0.1, 0.15) is 46.0 Å². The minimum absolute atomic E-state index is 0.0341. The molecule has 5 heteroatoms. The van der Waals surface area contributed by atoms with Crippen LogP contribution in [0.3, 0.4) is 0 Å². The minimum Gasteiger partial charge on any atom is -0.459 e. The molecule has 2 aromatic carbocycles. The van der Waals surface area contributed by atoms with Gasteiger partial charge < -0.3 is 9.32 Å². The van der Waals surface area contributed by atoms with Gasteiger partial charge in [0.25, 0.3) is 5.91 Å². The molecular weight excluding hydrogens is 362 g/mol. The van der Waals surface area contributed by atoms with E-state index in [4.69, 9.17) is 4.42 Å². The molecule has 1 unspecified atom stereocenters. The monoisotopic (exact) mass is 387 g/mol. The molecule has 0 radical (unpaired) electrons. The van der Waals surface area contributed by atoms with Gasteiger partial charge in [-0.1, -0.05) is 30.3 Å². The maximum atomic E-state index is 13.1. The third-order valence-corrected chi connectivity index (χ3v) is 5.37. The van der Waals surface area contributed by atoms with Crippen LogP contribution in [0.2, 0.25) is 0 Å². The number of hydrogen-bond donors (Lipinski definition) is 0. The molecule has 0 spiro atoms. The molecule has 0 aliphatic heterocycles. The van der Waals surface area contributed by atoms with E-state index in [1.54, 1.807) is 4.90 Å². The molecule has 0 N–H and O–H groups in total. The largest absolute Gasteiger partial charge is 0.459 e. The van der Waals surface area contributed by atoms with Crippen LogP contribution in [0.5, 0.6) is 0 Å². The van der Waals surface area contributed by atoms with Gasteiger partial charge in [-0.3, -0.25) is 9.48 Å². The maximum absolute atomic E-state index is 13.1. The summed E-state index contributed by atoms with van der Waals surface area (Å²) in [6.45, 7) is 6.65. The Bertz CT molecular complexity index is 1140. The second-order valence-corrected chi connectivity index (χ2v) is 7.56. The van der Waals surface area contributed by atoms with Crippen LogP contribution >= 0.6 is 0 Å². The lowest BCUT2D eigenvalue weighted by Crippen LogP contribution is -2.29. The van der Waals surface area contributed by atoms with Crippen molar-refractivity contribution < 1.29 is 9.21 Å². The molecule has 5 nitrogen and oxygen atoms in total. The number of aryl methyl sites for hydroxylation is 2. The summed E-state index contributed by atoms with van der Waals surface area (Å²) in [5, 5.41) is 5.56. The van der Waals surface area contributed by atoms with Crippen LogP contribution < -0.4 is 0 Å². The molecule has 0 fully saturated rings. The average molecular weight is 387 g/mol. The van der Waals surface area contributed by atoms with Crippen molar-refractivity contribution >= 4 is 16.9 Å². The zero-order valence-electron chi connectivity index (χ0n) is 17.2. The first-order valence-corrected chi connectivity index (χ1v) is 9.78. The van der Waals surface area contributed by atoms with Crippen molar-refractivity contribution in [3.05, 3.63) is 88.9 Å². The predicted molar refractivity (Wildman–Crippen MR) is 114 cm³/mol. The quantitative estimate of drug-likeness (QED) is 0.477. The van der Waals surface area contributed by atoms with Crippen molar-refractivity contribution in [2.45, 2.75) is 33.4 Å². The molecule has 1 amide bonds. The number of carbonyl (C=O) groups is 1. The van der Waals surface area contributed by atoms with E-state index in [0.717, 1.165) is 33.7 Å². The summed E-state index contributed by atoms with van der Waals surface area (Å²) in [4.78, 5) is 14.8. The van der Waals surface area contributed by atoms with E-state index in [1.165, 1.54) is 0 Å². The highest BCUT2D eigenvalue weighted by molar-refractivity contribution is 5.94. The summed E-state index contributed by atoms with van der Waals surface area (Å²) in [5.74, 6) is 0.744. The molecule has 4 aromatic rings. The van der Waals surface area contributed by atoms with Gasteiger partial charge in [-0.2, -0.15) is 5.10 Å². The first kappa shape index (κ1) is 19.0. The highest BCUT2D eigenvalue weighted by Gasteiger charge is 2.22. The third kappa shape index (κ3) is 3.81. The fraction of sp³-hybridized carbons (Fsp3) is 0.250. The van der Waals surface area contributed by atoms with Gasteiger partial charge in [-0.05, 0) is 56.7 Å². The molecule has 0 saturated heterocycles. The van der Waals surface area contributed by atoms with Gasteiger partial charge in [0, 0.05) is 23.7 Å². The molecule has 148 valence electrons. The van der Waals surface area contributed by atoms with Crippen LogP contribution in [-0.2, 0) is 6.54 Å². The van der Waals surface area contributed by atoms with Crippen LogP contribution in [0.4, 0.5) is 0 Å². The van der Waals surface area contributed by atoms with E-state index in [-0.39, 0.29) is 11.9 Å². The number of hydrogen-bond acceptors (Lipinski definition) is 3. The van der Waals surface area contributed by atoms with Crippen LogP contribution in [0, 0.1) is 13.8 Å². The van der Waals surface area contributed by atoms with Crippen LogP contribution in [0.25, 0.3) is 11.0 Å². The van der Waals surface area contributed by atoms with Gasteiger partial charge in [-0.15, -0.1) is 0 Å². The fourth-order valence-corrected chi connectivity index (χ4v) is 3.59. The molecular formula is C24H25N3O2. The number of amides is 1. The zero-order chi connectivity index (χ0) is 20.5. The van der Waals surface area contributed by atoms with Crippen molar-refractivity contribution in [1.29, 1.82) is 0 Å². The first-order chi connectivity index (χ1) is 13.9. The highest BCUT2D eigenvalue weighted by atomic mass is 16.3. The first-order valence-electron chi connectivity index (χ1n) is 9.78. The summed E-state index contributed by atoms with van der Waals surface area (Å²) < 4.78 is 7.91. The molecule has 0 aliphatic carbocycles. The number of benzene rings is 2. The number of para-hydroxylation sites is 1. The fourth-order valence-electron chi connectivity index (χ4n) is 3.59. The number of furan rings is 1. The SMILES string of the molecule is Cc1cc(C)n(Cc2cccc(C(=O)N(C)C(C)c3cc4ccccc4o3)c2)n1. The van der Waals surface area contributed by atoms with Gasteiger partial charge in [0.05, 0.1) is 18.3 Å². The van der Waals surface area contributed by atoms with Gasteiger partial charge in [0.2, 0.25) is 0 Å². The Labute approximate surface area is 170 Å². The molecule has 4 rings (SSSR count). The summed E-state index contributed by atoms with van der Waals surface area (Å²) in [6.07, 6.45) is 0. The van der Waals surface area contributed by atoms with Gasteiger partial charge in [-0.25, -0.2) is 0 Å². The molecule has 2 aromatic heterocycles. The highest BCUT2D eigenvalue weighted by Crippen LogP contribution is 2.27. The normalized spacial score (nSPS) is 12.3. The van der Waals surface area contributed by atoms with Crippen molar-refractivity contribution in [2.24, 2.45) is 0 Å². The lowest BCUT2D eigenvalue weighted by Gasteiger charge is -2.23. The Hall–Kier alpha value is -3.34. The number of aromatic nitrogens is 2. The molecule has 1 atom stereocenters. The summed E-state index contributed by atoms with van der Waals surface area (Å²) in [7, 11) is 1.81. The smallest absolute Gasteiger partial charge is 0.254 e. The van der Waals surface area contributed by atoms with E-state index in [9.17, 15) is 4.79 Å². The van der Waals surface area contributed by atoms with E-state index in [0.29, 0.717) is 12.1 Å². The average Bonchev–Trinajstić information content (AvgIpc) is 3.29. The summed E-state index contributed by atoms with van der Waals surface area (Å²) in [5.41, 5.74) is 4.65. The van der Waals surface area contributed by atoms with Crippen molar-refractivity contribution in [3.8, 4) is 0 Å². The Balaban J connectivity index is 1.54. The van der Waals surface area contributed by atoms with Crippen molar-refractivity contribution in [1.82, 2.24) is 14.7 Å². The maximum Gasteiger partial charge on any atom is 0.254 e. The van der Waals surface area contributed by atoms with Gasteiger partial charge in [0.15, 0.2) is 0 Å². The lowest BCUT2D eigenvalue weighted by molar-refractivity contribution is 0.0727. The number of nitrogens with zero attached hydrogens (tertiary/aromatic N) is 3. The summed E-state index contributed by atoms with van der Waals surface area (Å²) in [6, 6.07) is 19.5. The lowest BCUT2D eigenvalue weighted by atomic mass is 10.1. The topological polar surface area (TPSA) is 51.3 Å². The molecule has 0 bridgehead atoms. The van der Waals surface area contributed by atoms with Crippen LogP contribution in [-0.4, -0.2) is 27.6 Å². The van der Waals surface area contributed by atoms with E-state index >= 15 is 0 Å². The van der Waals surface area contributed by atoms with E-state index < -0.39 is 0 Å². The number of carbonyl (C=O) groups excluding carboxylic acids is 1. The van der Waals surface area contributed by atoms with Crippen molar-refractivity contribution in [2.75, 3.05) is 7.05 Å². The second kappa shape index (κ2) is 7.59. The number of rotatable bonds is 5. The Morgan fingerprint density at radius 3 is 2.62 bits per heavy atom. The Kier molecular flexibility index (Phi) is 4.97. The minimum atomic E-state index is -0.172. The van der Waals surface area contributed by atoms with Crippen molar-refractivity contribution in [3.63, 3.8) is 0 Å². The molecule has 0 aliphatic rings. The standard InChI is InChI=1S/C24H25N3O2/c1-16-12-17(2)27(25-16)15-19-8-7-10-21(13-19)24(28)26(4)18(3)23-14-20-9-5-6-11-22(20)29-23/h5-14,18H,15H2,1-4H3. The molecule has 2 heterocycles. The Morgan fingerprint density at radius 1 is 1.10 bits per heavy atom. The predicted octanol–water partition coefficient (Wildman–Crippen LogP) is 5.13.